The van der Waals surface area contributed by atoms with Crippen molar-refractivity contribution in [3.63, 3.8) is 0 Å². The Hall–Kier alpha value is -3.28. The molecule has 1 aromatic heterocycles. The molecule has 0 radical (unpaired) electrons. The number of nitrogens with zero attached hydrogens (tertiary/aromatic N) is 2. The van der Waals surface area contributed by atoms with Crippen LogP contribution in [0.15, 0.2) is 47.6 Å². The first kappa shape index (κ1) is 16.6. The van der Waals surface area contributed by atoms with Gasteiger partial charge >= 0.3 is 0 Å². The van der Waals surface area contributed by atoms with Crippen molar-refractivity contribution in [1.29, 1.82) is 0 Å². The van der Waals surface area contributed by atoms with Crippen LogP contribution in [0.25, 0.3) is 10.9 Å². The van der Waals surface area contributed by atoms with Crippen LogP contribution in [-0.2, 0) is 0 Å². The van der Waals surface area contributed by atoms with Gasteiger partial charge in [0.25, 0.3) is 0 Å². The van der Waals surface area contributed by atoms with Gasteiger partial charge in [-0.3, -0.25) is 9.98 Å². The van der Waals surface area contributed by atoms with Crippen molar-refractivity contribution in [2.45, 2.75) is 0 Å². The minimum Gasteiger partial charge on any atom is -0.494 e. The van der Waals surface area contributed by atoms with E-state index in [1.54, 1.807) is 51.8 Å². The lowest BCUT2D eigenvalue weighted by atomic mass is 10.2. The Morgan fingerprint density at radius 1 is 0.840 bits per heavy atom. The number of hydrogen-bond donors (Lipinski definition) is 0. The fraction of sp³-hybridized carbons (Fsp3) is 0.158. The average Bonchev–Trinajstić information content (AvgIpc) is 2.66. The van der Waals surface area contributed by atoms with Gasteiger partial charge in [0.2, 0.25) is 0 Å². The molecule has 25 heavy (non-hydrogen) atoms. The van der Waals surface area contributed by atoms with Crippen LogP contribution >= 0.6 is 0 Å². The molecule has 0 bridgehead atoms. The highest BCUT2D eigenvalue weighted by Crippen LogP contribution is 2.38. The van der Waals surface area contributed by atoms with Crippen LogP contribution < -0.4 is 18.9 Å². The Balaban J connectivity index is 2.05. The molecule has 0 spiro atoms. The second-order valence-electron chi connectivity index (χ2n) is 5.13. The molecule has 2 aromatic carbocycles. The molecule has 3 aromatic rings. The van der Waals surface area contributed by atoms with Gasteiger partial charge in [-0.2, -0.15) is 0 Å². The highest BCUT2D eigenvalue weighted by atomic mass is 16.5. The smallest absolute Gasteiger partial charge is 0.162 e. The quantitative estimate of drug-likeness (QED) is 0.624. The number of ether oxygens (including phenoxy) is 4. The summed E-state index contributed by atoms with van der Waals surface area (Å²) in [4.78, 5) is 8.28. The lowest BCUT2D eigenvalue weighted by Crippen LogP contribution is -1.93. The summed E-state index contributed by atoms with van der Waals surface area (Å²) in [5.41, 5.74) is 1.40. The summed E-state index contributed by atoms with van der Waals surface area (Å²) in [6.45, 7) is 3.52. The Kier molecular flexibility index (Phi) is 4.70. The molecule has 128 valence electrons. The van der Waals surface area contributed by atoms with Gasteiger partial charge in [0, 0.05) is 23.7 Å². The van der Waals surface area contributed by atoms with Gasteiger partial charge in [0.15, 0.2) is 11.5 Å². The fourth-order valence-corrected chi connectivity index (χ4v) is 2.52. The van der Waals surface area contributed by atoms with Crippen LogP contribution in [0.5, 0.6) is 28.7 Å². The molecule has 0 unspecified atom stereocenters. The summed E-state index contributed by atoms with van der Waals surface area (Å²) in [5, 5.41) is 0.810. The van der Waals surface area contributed by atoms with E-state index < -0.39 is 0 Å². The highest BCUT2D eigenvalue weighted by molar-refractivity contribution is 5.88. The molecule has 0 saturated carbocycles. The average molecular weight is 338 g/mol. The summed E-state index contributed by atoms with van der Waals surface area (Å²) in [5.74, 6) is 3.07. The Bertz CT molecular complexity index is 925. The second-order valence-corrected chi connectivity index (χ2v) is 5.13. The van der Waals surface area contributed by atoms with Crippen molar-refractivity contribution in [2.75, 3.05) is 21.3 Å². The first-order chi connectivity index (χ1) is 12.2. The number of hydrogen-bond acceptors (Lipinski definition) is 6. The third kappa shape index (κ3) is 3.19. The molecule has 0 atom stereocenters. The van der Waals surface area contributed by atoms with Crippen LogP contribution in [-0.4, -0.2) is 33.0 Å². The molecule has 3 rings (SSSR count). The minimum absolute atomic E-state index is 0.588. The number of methoxy groups -OCH3 is 3. The standard InChI is InChI=1S/C19H18N2O4/c1-20-14-6-5-12(9-17(14)22-2)25-16-7-8-21-15-11-19(24-4)18(23-3)10-13(15)16/h5-11H,1H2,2-4H3. The van der Waals surface area contributed by atoms with Crippen LogP contribution in [0.4, 0.5) is 5.69 Å². The van der Waals surface area contributed by atoms with Crippen molar-refractivity contribution >= 4 is 23.3 Å². The monoisotopic (exact) mass is 338 g/mol. The van der Waals surface area contributed by atoms with Crippen molar-refractivity contribution in [3.05, 3.63) is 42.6 Å². The predicted molar refractivity (Wildman–Crippen MR) is 97.1 cm³/mol. The zero-order valence-electron chi connectivity index (χ0n) is 14.3. The van der Waals surface area contributed by atoms with E-state index in [1.165, 1.54) is 0 Å². The SMILES string of the molecule is C=Nc1ccc(Oc2ccnc3cc(OC)c(OC)cc23)cc1OC. The molecule has 0 amide bonds. The van der Waals surface area contributed by atoms with Crippen LogP contribution in [0.2, 0.25) is 0 Å². The van der Waals surface area contributed by atoms with Crippen molar-refractivity contribution in [2.24, 2.45) is 4.99 Å². The van der Waals surface area contributed by atoms with E-state index >= 15 is 0 Å². The van der Waals surface area contributed by atoms with Gasteiger partial charge in [-0.05, 0) is 31.0 Å². The first-order valence-electron chi connectivity index (χ1n) is 7.53. The Labute approximate surface area is 145 Å². The first-order valence-corrected chi connectivity index (χ1v) is 7.53. The summed E-state index contributed by atoms with van der Waals surface area (Å²) < 4.78 is 22.0. The molecular formula is C19H18N2O4. The van der Waals surface area contributed by atoms with Gasteiger partial charge in [-0.15, -0.1) is 0 Å². The maximum atomic E-state index is 6.03. The summed E-state index contributed by atoms with van der Waals surface area (Å²) >= 11 is 0. The maximum absolute atomic E-state index is 6.03. The lowest BCUT2D eigenvalue weighted by Gasteiger charge is -2.13. The molecular weight excluding hydrogens is 320 g/mol. The molecule has 0 aliphatic rings. The van der Waals surface area contributed by atoms with Gasteiger partial charge in [0.05, 0.1) is 26.8 Å². The van der Waals surface area contributed by atoms with E-state index in [0.717, 1.165) is 10.9 Å². The van der Waals surface area contributed by atoms with E-state index in [9.17, 15) is 0 Å². The van der Waals surface area contributed by atoms with Gasteiger partial charge in [-0.1, -0.05) is 0 Å². The molecule has 6 nitrogen and oxygen atoms in total. The lowest BCUT2D eigenvalue weighted by molar-refractivity contribution is 0.355. The maximum Gasteiger partial charge on any atom is 0.162 e. The van der Waals surface area contributed by atoms with Crippen molar-refractivity contribution in [1.82, 2.24) is 4.98 Å². The third-order valence-corrected chi connectivity index (χ3v) is 3.76. The normalized spacial score (nSPS) is 10.4. The topological polar surface area (TPSA) is 62.2 Å². The van der Waals surface area contributed by atoms with Gasteiger partial charge in [-0.25, -0.2) is 0 Å². The second kappa shape index (κ2) is 7.09. The van der Waals surface area contributed by atoms with Crippen molar-refractivity contribution < 1.29 is 18.9 Å². The molecule has 0 aliphatic heterocycles. The van der Waals surface area contributed by atoms with E-state index in [2.05, 4.69) is 16.7 Å². The number of benzene rings is 2. The zero-order chi connectivity index (χ0) is 17.8. The molecule has 1 heterocycles. The number of fused-ring (bicyclic) bond motifs is 1. The van der Waals surface area contributed by atoms with E-state index in [-0.39, 0.29) is 0 Å². The number of aromatic nitrogens is 1. The molecule has 0 aliphatic carbocycles. The molecule has 6 heteroatoms. The van der Waals surface area contributed by atoms with Crippen molar-refractivity contribution in [3.8, 4) is 28.7 Å². The summed E-state index contributed by atoms with van der Waals surface area (Å²) in [7, 11) is 4.75. The number of rotatable bonds is 6. The largest absolute Gasteiger partial charge is 0.494 e. The minimum atomic E-state index is 0.588. The third-order valence-electron chi connectivity index (χ3n) is 3.76. The van der Waals surface area contributed by atoms with Gasteiger partial charge in [0.1, 0.15) is 22.9 Å². The highest BCUT2D eigenvalue weighted by Gasteiger charge is 2.12. The molecule has 0 fully saturated rings. The van der Waals surface area contributed by atoms with Gasteiger partial charge < -0.3 is 18.9 Å². The zero-order valence-corrected chi connectivity index (χ0v) is 14.3. The van der Waals surface area contributed by atoms with Crippen LogP contribution in [0, 0.1) is 0 Å². The van der Waals surface area contributed by atoms with E-state index in [1.807, 2.05) is 12.1 Å². The van der Waals surface area contributed by atoms with Crippen LogP contribution in [0.3, 0.4) is 0 Å². The fourth-order valence-electron chi connectivity index (χ4n) is 2.52. The van der Waals surface area contributed by atoms with E-state index in [0.29, 0.717) is 34.4 Å². The van der Waals surface area contributed by atoms with Crippen LogP contribution in [0.1, 0.15) is 0 Å². The predicted octanol–water partition coefficient (Wildman–Crippen LogP) is 4.39. The molecule has 0 N–H and O–H groups in total. The Morgan fingerprint density at radius 3 is 2.24 bits per heavy atom. The molecule has 0 saturated heterocycles. The van der Waals surface area contributed by atoms with E-state index in [4.69, 9.17) is 18.9 Å². The number of pyridine rings is 1. The number of aliphatic imine (C=N–C) groups is 1. The summed E-state index contributed by atoms with van der Waals surface area (Å²) in [6.07, 6.45) is 1.68. The summed E-state index contributed by atoms with van der Waals surface area (Å²) in [6, 6.07) is 10.8. The Morgan fingerprint density at radius 2 is 1.56 bits per heavy atom.